The Labute approximate surface area is 122 Å². The Morgan fingerprint density at radius 3 is 2.62 bits per heavy atom. The van der Waals surface area contributed by atoms with Crippen LogP contribution in [0, 0.1) is 0 Å². The lowest BCUT2D eigenvalue weighted by Crippen LogP contribution is -2.02. The minimum absolute atomic E-state index is 0.177. The second-order valence-corrected chi connectivity index (χ2v) is 4.65. The quantitative estimate of drug-likeness (QED) is 0.748. The maximum absolute atomic E-state index is 9.18. The van der Waals surface area contributed by atoms with Gasteiger partial charge in [-0.3, -0.25) is 4.98 Å². The van der Waals surface area contributed by atoms with E-state index in [1.807, 2.05) is 24.3 Å². The fourth-order valence-electron chi connectivity index (χ4n) is 1.94. The van der Waals surface area contributed by atoms with Crippen LogP contribution in [-0.2, 0) is 13.1 Å². The monoisotopic (exact) mass is 281 g/mol. The maximum atomic E-state index is 9.18. The van der Waals surface area contributed by atoms with Gasteiger partial charge in [-0.2, -0.15) is 5.10 Å². The van der Waals surface area contributed by atoms with Crippen molar-refractivity contribution >= 4 is 5.69 Å². The SMILES string of the molecule is Oc1ccc(CNc2ccc(Cn3cncn3)cc2)nc1. The van der Waals surface area contributed by atoms with Crippen molar-refractivity contribution in [1.82, 2.24) is 19.7 Å². The first-order valence-electron chi connectivity index (χ1n) is 6.59. The van der Waals surface area contributed by atoms with Crippen LogP contribution in [0.25, 0.3) is 0 Å². The van der Waals surface area contributed by atoms with Gasteiger partial charge in [0.25, 0.3) is 0 Å². The zero-order chi connectivity index (χ0) is 14.5. The molecule has 1 aromatic carbocycles. The Morgan fingerprint density at radius 1 is 1.10 bits per heavy atom. The summed E-state index contributed by atoms with van der Waals surface area (Å²) in [5.74, 6) is 0.177. The van der Waals surface area contributed by atoms with E-state index in [-0.39, 0.29) is 5.75 Å². The van der Waals surface area contributed by atoms with E-state index < -0.39 is 0 Å². The van der Waals surface area contributed by atoms with Gasteiger partial charge in [0.05, 0.1) is 25.0 Å². The molecule has 0 fully saturated rings. The molecule has 2 heterocycles. The first-order chi connectivity index (χ1) is 10.3. The van der Waals surface area contributed by atoms with E-state index in [2.05, 4.69) is 20.4 Å². The van der Waals surface area contributed by atoms with Crippen molar-refractivity contribution in [2.24, 2.45) is 0 Å². The molecule has 0 radical (unpaired) electrons. The number of nitrogens with one attached hydrogen (secondary N) is 1. The summed E-state index contributed by atoms with van der Waals surface area (Å²) in [5.41, 5.74) is 3.06. The molecule has 0 atom stereocenters. The third kappa shape index (κ3) is 3.56. The Bertz CT molecular complexity index is 677. The van der Waals surface area contributed by atoms with Crippen LogP contribution in [0.15, 0.2) is 55.2 Å². The predicted octanol–water partition coefficient (Wildman–Crippen LogP) is 2.04. The van der Waals surface area contributed by atoms with E-state index in [0.29, 0.717) is 13.1 Å². The topological polar surface area (TPSA) is 75.9 Å². The summed E-state index contributed by atoms with van der Waals surface area (Å²) < 4.78 is 1.78. The molecule has 0 aliphatic rings. The number of rotatable bonds is 5. The van der Waals surface area contributed by atoms with Gasteiger partial charge < -0.3 is 10.4 Å². The van der Waals surface area contributed by atoms with E-state index in [1.165, 1.54) is 12.5 Å². The minimum atomic E-state index is 0.177. The van der Waals surface area contributed by atoms with Crippen molar-refractivity contribution in [3.63, 3.8) is 0 Å². The Hall–Kier alpha value is -2.89. The van der Waals surface area contributed by atoms with Gasteiger partial charge in [-0.15, -0.1) is 0 Å². The van der Waals surface area contributed by atoms with Crippen LogP contribution < -0.4 is 5.32 Å². The summed E-state index contributed by atoms with van der Waals surface area (Å²) in [7, 11) is 0. The highest BCUT2D eigenvalue weighted by Crippen LogP contribution is 2.12. The second-order valence-electron chi connectivity index (χ2n) is 4.65. The molecule has 2 aromatic heterocycles. The molecule has 0 bridgehead atoms. The molecule has 0 amide bonds. The van der Waals surface area contributed by atoms with Gasteiger partial charge in [-0.1, -0.05) is 12.1 Å². The van der Waals surface area contributed by atoms with Crippen LogP contribution in [0.3, 0.4) is 0 Å². The van der Waals surface area contributed by atoms with E-state index in [1.54, 1.807) is 23.1 Å². The number of benzene rings is 1. The summed E-state index contributed by atoms with van der Waals surface area (Å²) in [6, 6.07) is 11.6. The van der Waals surface area contributed by atoms with Crippen LogP contribution in [0.2, 0.25) is 0 Å². The predicted molar refractivity (Wildman–Crippen MR) is 78.8 cm³/mol. The van der Waals surface area contributed by atoms with Crippen molar-refractivity contribution in [1.29, 1.82) is 0 Å². The van der Waals surface area contributed by atoms with Crippen molar-refractivity contribution in [2.45, 2.75) is 13.1 Å². The fraction of sp³-hybridized carbons (Fsp3) is 0.133. The minimum Gasteiger partial charge on any atom is -0.506 e. The number of hydrogen-bond acceptors (Lipinski definition) is 5. The molecular weight excluding hydrogens is 266 g/mol. The standard InChI is InChI=1S/C15H15N5O/c21-15-6-5-14(18-8-15)7-17-13-3-1-12(2-4-13)9-20-11-16-10-19-20/h1-6,8,10-11,17,21H,7,9H2. The number of nitrogens with zero attached hydrogens (tertiary/aromatic N) is 4. The van der Waals surface area contributed by atoms with Gasteiger partial charge in [0, 0.05) is 5.69 Å². The number of anilines is 1. The highest BCUT2D eigenvalue weighted by molar-refractivity contribution is 5.44. The molecular formula is C15H15N5O. The summed E-state index contributed by atoms with van der Waals surface area (Å²) in [6.45, 7) is 1.32. The molecule has 0 aliphatic heterocycles. The van der Waals surface area contributed by atoms with Crippen LogP contribution >= 0.6 is 0 Å². The van der Waals surface area contributed by atoms with Crippen molar-refractivity contribution in [3.8, 4) is 5.75 Å². The lowest BCUT2D eigenvalue weighted by molar-refractivity contribution is 0.472. The molecule has 3 rings (SSSR count). The Kier molecular flexibility index (Phi) is 3.77. The summed E-state index contributed by atoms with van der Waals surface area (Å²) in [4.78, 5) is 8.05. The first kappa shape index (κ1) is 13.1. The van der Waals surface area contributed by atoms with Gasteiger partial charge >= 0.3 is 0 Å². The lowest BCUT2D eigenvalue weighted by atomic mass is 10.2. The lowest BCUT2D eigenvalue weighted by Gasteiger charge is -2.07. The molecule has 0 aliphatic carbocycles. The van der Waals surface area contributed by atoms with Gasteiger partial charge in [-0.25, -0.2) is 9.67 Å². The van der Waals surface area contributed by atoms with E-state index in [0.717, 1.165) is 16.9 Å². The summed E-state index contributed by atoms with van der Waals surface area (Å²) in [5, 5.41) is 16.5. The van der Waals surface area contributed by atoms with E-state index in [4.69, 9.17) is 0 Å². The van der Waals surface area contributed by atoms with Crippen molar-refractivity contribution in [3.05, 3.63) is 66.5 Å². The number of hydrogen-bond donors (Lipinski definition) is 2. The Balaban J connectivity index is 1.58. The molecule has 0 saturated carbocycles. The maximum Gasteiger partial charge on any atom is 0.137 e. The zero-order valence-electron chi connectivity index (χ0n) is 11.3. The normalized spacial score (nSPS) is 10.5. The second kappa shape index (κ2) is 6.04. The van der Waals surface area contributed by atoms with Crippen LogP contribution in [0.4, 0.5) is 5.69 Å². The first-order valence-corrected chi connectivity index (χ1v) is 6.59. The van der Waals surface area contributed by atoms with E-state index >= 15 is 0 Å². The molecule has 0 unspecified atom stereocenters. The Morgan fingerprint density at radius 2 is 1.95 bits per heavy atom. The average Bonchev–Trinajstić information content (AvgIpc) is 3.01. The van der Waals surface area contributed by atoms with Crippen LogP contribution in [0.1, 0.15) is 11.3 Å². The van der Waals surface area contributed by atoms with Crippen LogP contribution in [0.5, 0.6) is 5.75 Å². The highest BCUT2D eigenvalue weighted by Gasteiger charge is 1.98. The van der Waals surface area contributed by atoms with Crippen molar-refractivity contribution < 1.29 is 5.11 Å². The fourth-order valence-corrected chi connectivity index (χ4v) is 1.94. The molecule has 6 heteroatoms. The van der Waals surface area contributed by atoms with Gasteiger partial charge in [0.2, 0.25) is 0 Å². The molecule has 6 nitrogen and oxygen atoms in total. The molecule has 2 N–H and O–H groups in total. The number of aromatic hydroxyl groups is 1. The molecule has 106 valence electrons. The molecule has 0 saturated heterocycles. The zero-order valence-corrected chi connectivity index (χ0v) is 11.3. The van der Waals surface area contributed by atoms with Gasteiger partial charge in [0.15, 0.2) is 0 Å². The highest BCUT2D eigenvalue weighted by atomic mass is 16.3. The molecule has 0 spiro atoms. The van der Waals surface area contributed by atoms with E-state index in [9.17, 15) is 5.11 Å². The van der Waals surface area contributed by atoms with Crippen LogP contribution in [-0.4, -0.2) is 24.9 Å². The third-order valence-electron chi connectivity index (χ3n) is 3.05. The van der Waals surface area contributed by atoms with Crippen molar-refractivity contribution in [2.75, 3.05) is 5.32 Å². The smallest absolute Gasteiger partial charge is 0.137 e. The molecule has 3 aromatic rings. The number of pyridine rings is 1. The third-order valence-corrected chi connectivity index (χ3v) is 3.05. The van der Waals surface area contributed by atoms with Gasteiger partial charge in [0.1, 0.15) is 18.4 Å². The number of aromatic nitrogens is 4. The van der Waals surface area contributed by atoms with Gasteiger partial charge in [-0.05, 0) is 29.8 Å². The average molecular weight is 281 g/mol. The summed E-state index contributed by atoms with van der Waals surface area (Å²) >= 11 is 0. The molecule has 21 heavy (non-hydrogen) atoms. The largest absolute Gasteiger partial charge is 0.506 e. The summed E-state index contributed by atoms with van der Waals surface area (Å²) in [6.07, 6.45) is 4.67.